The van der Waals surface area contributed by atoms with Crippen LogP contribution in [0.2, 0.25) is 0 Å². The molecule has 84 valence electrons. The maximum Gasteiger partial charge on any atom is 2.00 e. The molecule has 0 N–H and O–H groups in total. The summed E-state index contributed by atoms with van der Waals surface area (Å²) in [4.78, 5) is 0. The van der Waals surface area contributed by atoms with Gasteiger partial charge in [-0.25, -0.2) is 0 Å². The van der Waals surface area contributed by atoms with Crippen LogP contribution in [-0.2, 0) is 8.85 Å². The molecule has 0 aliphatic rings. The molecule has 0 unspecified atom stereocenters. The van der Waals surface area contributed by atoms with Crippen molar-refractivity contribution in [3.8, 4) is 0 Å². The molecule has 7 heteroatoms. The van der Waals surface area contributed by atoms with Gasteiger partial charge in [-0.3, -0.25) is 0 Å². The van der Waals surface area contributed by atoms with Gasteiger partial charge in [0.1, 0.15) is 0 Å². The average Bonchev–Trinajstić information content (AvgIpc) is 1.53. The third-order valence-electron chi connectivity index (χ3n) is 0.901. The molecule has 0 aromatic rings. The van der Waals surface area contributed by atoms with Gasteiger partial charge in [-0.15, -0.1) is 0 Å². The van der Waals surface area contributed by atoms with Crippen molar-refractivity contribution in [2.45, 2.75) is 39.9 Å². The minimum absolute atomic E-state index is 0. The molecule has 0 saturated heterocycles. The molecule has 0 atom stereocenters. The minimum atomic E-state index is -2.33. The maximum absolute atomic E-state index is 5.44. The Morgan fingerprint density at radius 2 is 1.00 bits per heavy atom. The van der Waals surface area contributed by atoms with E-state index in [-0.39, 0.29) is 83.1 Å². The van der Waals surface area contributed by atoms with Crippen molar-refractivity contribution in [3.05, 3.63) is 13.1 Å². The molecule has 15 heavy (non-hydrogen) atoms. The van der Waals surface area contributed by atoms with Gasteiger partial charge in [0.25, 0.3) is 0 Å². The SMILES string of the molecule is [CH2-][Si]([CH2-])(OC(C)C)OC(C)C.[Cl-].[Cl-].[Mg+2].[Mg+2]. The van der Waals surface area contributed by atoms with Crippen LogP contribution in [-0.4, -0.2) is 66.9 Å². The predicted octanol–water partition coefficient (Wildman–Crippen LogP) is -4.73. The summed E-state index contributed by atoms with van der Waals surface area (Å²) >= 11 is 0. The standard InChI is InChI=1S/C8H18O2Si.2ClH.2Mg/c1-7(2)9-11(5,6)10-8(3)4;;;;/h7-8H,5-6H2,1-4H3;2*1H;;/q-2;;;2*+2/p-2. The van der Waals surface area contributed by atoms with Crippen LogP contribution in [0, 0.1) is 13.1 Å². The monoisotopic (exact) mass is 292 g/mol. The Kier molecular flexibility index (Phi) is 29.0. The van der Waals surface area contributed by atoms with Crippen molar-refractivity contribution < 1.29 is 33.7 Å². The molecule has 0 aliphatic heterocycles. The van der Waals surface area contributed by atoms with Gasteiger partial charge in [0.15, 0.2) is 0 Å². The molecule has 2 nitrogen and oxygen atoms in total. The minimum Gasteiger partial charge on any atom is -1.00 e. The topological polar surface area (TPSA) is 18.5 Å². The Morgan fingerprint density at radius 1 is 0.800 bits per heavy atom. The van der Waals surface area contributed by atoms with E-state index in [4.69, 9.17) is 8.85 Å². The van der Waals surface area contributed by atoms with E-state index >= 15 is 0 Å². The van der Waals surface area contributed by atoms with Gasteiger partial charge < -0.3 is 46.8 Å². The zero-order valence-electron chi connectivity index (χ0n) is 10.1. The largest absolute Gasteiger partial charge is 2.00 e. The summed E-state index contributed by atoms with van der Waals surface area (Å²) in [7, 11) is -2.33. The van der Waals surface area contributed by atoms with Crippen LogP contribution in [0.5, 0.6) is 0 Å². The van der Waals surface area contributed by atoms with Crippen LogP contribution in [0.3, 0.4) is 0 Å². The second-order valence-electron chi connectivity index (χ2n) is 3.24. The maximum atomic E-state index is 5.44. The van der Waals surface area contributed by atoms with Gasteiger partial charge in [-0.2, -0.15) is 0 Å². The van der Waals surface area contributed by atoms with Gasteiger partial charge in [0.05, 0.1) is 0 Å². The summed E-state index contributed by atoms with van der Waals surface area (Å²) in [6, 6.07) is 0. The number of rotatable bonds is 4. The van der Waals surface area contributed by atoms with E-state index in [2.05, 4.69) is 13.1 Å². The Balaban J connectivity index is -0.0000000833. The van der Waals surface area contributed by atoms with E-state index < -0.39 is 8.56 Å². The zero-order chi connectivity index (χ0) is 9.07. The van der Waals surface area contributed by atoms with Crippen LogP contribution in [0.1, 0.15) is 27.7 Å². The molecular weight excluding hydrogens is 276 g/mol. The van der Waals surface area contributed by atoms with E-state index in [0.29, 0.717) is 0 Å². The first-order chi connectivity index (χ1) is 4.83. The predicted molar refractivity (Wildman–Crippen MR) is 60.4 cm³/mol. The first-order valence-electron chi connectivity index (χ1n) is 3.90. The molecule has 0 aliphatic carbocycles. The molecule has 0 bridgehead atoms. The summed E-state index contributed by atoms with van der Waals surface area (Å²) in [6.45, 7) is 15.5. The molecule has 0 heterocycles. The van der Waals surface area contributed by atoms with Crippen LogP contribution in [0.4, 0.5) is 0 Å². The second kappa shape index (κ2) is 14.3. The third kappa shape index (κ3) is 22.0. The van der Waals surface area contributed by atoms with Crippen molar-refractivity contribution in [3.63, 3.8) is 0 Å². The van der Waals surface area contributed by atoms with Crippen molar-refractivity contribution in [1.82, 2.24) is 0 Å². The Bertz CT molecular complexity index is 115. The average molecular weight is 294 g/mol. The van der Waals surface area contributed by atoms with Gasteiger partial charge in [-0.1, -0.05) is 0 Å². The molecule has 0 rings (SSSR count). The fraction of sp³-hybridized carbons (Fsp3) is 0.750. The molecule has 0 radical (unpaired) electrons. The molecule has 0 spiro atoms. The van der Waals surface area contributed by atoms with E-state index in [0.717, 1.165) is 0 Å². The Morgan fingerprint density at radius 3 is 1.13 bits per heavy atom. The van der Waals surface area contributed by atoms with Crippen molar-refractivity contribution in [2.75, 3.05) is 0 Å². The molecule has 0 amide bonds. The van der Waals surface area contributed by atoms with E-state index in [1.54, 1.807) is 0 Å². The number of halogens is 2. The smallest absolute Gasteiger partial charge is 1.00 e. The molecule has 0 saturated carbocycles. The third-order valence-corrected chi connectivity index (χ3v) is 2.70. The van der Waals surface area contributed by atoms with E-state index in [9.17, 15) is 0 Å². The molecule has 0 aromatic heterocycles. The van der Waals surface area contributed by atoms with Crippen molar-refractivity contribution in [1.29, 1.82) is 0 Å². The number of hydrogen-bond donors (Lipinski definition) is 0. The Hall–Kier alpha value is 2.25. The van der Waals surface area contributed by atoms with E-state index in [1.165, 1.54) is 0 Å². The second-order valence-corrected chi connectivity index (χ2v) is 5.54. The van der Waals surface area contributed by atoms with E-state index in [1.807, 2.05) is 27.7 Å². The van der Waals surface area contributed by atoms with Crippen LogP contribution in [0.25, 0.3) is 0 Å². The molecular formula is C8H18Cl2Mg2O2Si. The van der Waals surface area contributed by atoms with Crippen molar-refractivity contribution in [2.24, 2.45) is 0 Å². The van der Waals surface area contributed by atoms with Crippen LogP contribution in [0.15, 0.2) is 0 Å². The summed E-state index contributed by atoms with van der Waals surface area (Å²) in [6.07, 6.45) is 0.297. The number of hydrogen-bond acceptors (Lipinski definition) is 2. The van der Waals surface area contributed by atoms with Crippen LogP contribution < -0.4 is 24.8 Å². The first-order valence-corrected chi connectivity index (χ1v) is 6.13. The van der Waals surface area contributed by atoms with Gasteiger partial charge >= 0.3 is 46.1 Å². The summed E-state index contributed by atoms with van der Waals surface area (Å²) < 4.78 is 10.9. The van der Waals surface area contributed by atoms with Gasteiger partial charge in [0, 0.05) is 20.8 Å². The van der Waals surface area contributed by atoms with Crippen LogP contribution >= 0.6 is 0 Å². The Labute approximate surface area is 140 Å². The fourth-order valence-electron chi connectivity index (χ4n) is 0.887. The fourth-order valence-corrected chi connectivity index (χ4v) is 2.66. The molecule has 0 fully saturated rings. The summed E-state index contributed by atoms with van der Waals surface area (Å²) in [5.41, 5.74) is 0. The van der Waals surface area contributed by atoms with Gasteiger partial charge in [0.2, 0.25) is 0 Å². The van der Waals surface area contributed by atoms with Gasteiger partial charge in [-0.05, 0) is 27.7 Å². The first kappa shape index (κ1) is 30.4. The normalized spacial score (nSPS) is 9.60. The van der Waals surface area contributed by atoms with Crippen molar-refractivity contribution >= 4 is 54.7 Å². The summed E-state index contributed by atoms with van der Waals surface area (Å²) in [5.74, 6) is 0. The quantitative estimate of drug-likeness (QED) is 0.383. The molecule has 0 aromatic carbocycles. The zero-order valence-corrected chi connectivity index (χ0v) is 15.4. The summed E-state index contributed by atoms with van der Waals surface area (Å²) in [5, 5.41) is 0.